The number of rotatable bonds is 9. The van der Waals surface area contributed by atoms with Crippen LogP contribution in [0.25, 0.3) is 0 Å². The van der Waals surface area contributed by atoms with Gasteiger partial charge in [0.15, 0.2) is 23.1 Å². The van der Waals surface area contributed by atoms with Gasteiger partial charge in [0.25, 0.3) is 0 Å². The van der Waals surface area contributed by atoms with Crippen molar-refractivity contribution in [3.63, 3.8) is 0 Å². The zero-order valence-corrected chi connectivity index (χ0v) is 38.2. The smallest absolute Gasteiger partial charge is 1.00 e. The number of hydrogen-bond donors (Lipinski definition) is 6. The summed E-state index contributed by atoms with van der Waals surface area (Å²) in [5.41, 5.74) is -5.84. The van der Waals surface area contributed by atoms with Crippen molar-refractivity contribution in [2.24, 2.45) is 57.2 Å². The maximum absolute atomic E-state index is 13.7. The van der Waals surface area contributed by atoms with E-state index in [0.717, 1.165) is 11.1 Å². The number of ether oxygens (including phenoxy) is 2. The summed E-state index contributed by atoms with van der Waals surface area (Å²) in [6.07, 6.45) is 2.07. The molecule has 6 N–H and O–H groups in total. The van der Waals surface area contributed by atoms with Crippen molar-refractivity contribution >= 4 is 35.1 Å². The first-order valence-corrected chi connectivity index (χ1v) is 22.1. The molecule has 8 aliphatic carbocycles. The van der Waals surface area contributed by atoms with Gasteiger partial charge in [-0.3, -0.25) is 28.8 Å². The molecule has 8 rings (SSSR count). The number of carbonyl (C=O) groups excluding carboxylic acids is 6. The Morgan fingerprint density at radius 2 is 1.02 bits per heavy atom. The van der Waals surface area contributed by atoms with Gasteiger partial charge in [-0.1, -0.05) is 38.8 Å². The molecule has 0 aromatic rings. The zero-order valence-electron chi connectivity index (χ0n) is 37.2. The predicted molar refractivity (Wildman–Crippen MR) is 211 cm³/mol. The molecule has 2 unspecified atom stereocenters. The van der Waals surface area contributed by atoms with Gasteiger partial charge in [-0.05, 0) is 100 Å². The average Bonchev–Trinajstić information content (AvgIpc) is 3.62. The molecule has 0 saturated heterocycles. The van der Waals surface area contributed by atoms with Gasteiger partial charge in [-0.25, -0.2) is 0 Å². The van der Waals surface area contributed by atoms with Crippen LogP contribution in [0.1, 0.15) is 119 Å². The van der Waals surface area contributed by atoms with Gasteiger partial charge in [0.05, 0.1) is 25.0 Å². The van der Waals surface area contributed by atoms with Gasteiger partial charge in [0.1, 0.15) is 36.6 Å². The molecule has 0 bridgehead atoms. The topological polar surface area (TPSA) is 242 Å². The molecule has 0 heterocycles. The molecule has 61 heavy (non-hydrogen) atoms. The van der Waals surface area contributed by atoms with Gasteiger partial charge < -0.3 is 41.5 Å². The zero-order chi connectivity index (χ0) is 43.5. The Morgan fingerprint density at radius 3 is 1.36 bits per heavy atom. The van der Waals surface area contributed by atoms with Gasteiger partial charge >= 0.3 is 41.5 Å². The quantitative estimate of drug-likeness (QED) is 0.127. The van der Waals surface area contributed by atoms with Crippen molar-refractivity contribution in [1.29, 1.82) is 0 Å². The van der Waals surface area contributed by atoms with Crippen LogP contribution in [0.5, 0.6) is 0 Å². The molecule has 15 heteroatoms. The van der Waals surface area contributed by atoms with Gasteiger partial charge in [0.2, 0.25) is 0 Å². The Bertz CT molecular complexity index is 1820. The van der Waals surface area contributed by atoms with E-state index in [-0.39, 0.29) is 118 Å². The molecule has 0 amide bonds. The molecule has 0 aromatic heterocycles. The molecular weight excluding hydrogens is 799 g/mol. The van der Waals surface area contributed by atoms with Crippen LogP contribution in [0.15, 0.2) is 23.3 Å². The summed E-state index contributed by atoms with van der Waals surface area (Å²) in [4.78, 5) is 79.2. The molecule has 0 aliphatic heterocycles. The van der Waals surface area contributed by atoms with E-state index in [0.29, 0.717) is 38.5 Å². The number of Topliss-reactive ketones (excluding diaryl/α,β-unsaturated/α-hetero) is 2. The SMILES string of the molecule is C[C@]12C[C@H](O)[C@H]3[C@@H](CCC4=CC(=O)CC(OC(=O)CCC(=O)OC5CC(=O)C=C6CC[C@@H]7[C@H]([C@@H](O)C[C@@]8(C)[C@H]7CC[C@]8(O)C(=O)CO)[C@]65C)[C@@]43C)[C@@H]1CC[C@]2(O)C(=O)CO.[H-].[Na+]. The average molecular weight is 863 g/mol. The minimum Gasteiger partial charge on any atom is -1.00 e. The molecule has 16 atom stereocenters. The normalized spacial score (nSPS) is 47.1. The third-order valence-electron chi connectivity index (χ3n) is 18.5. The van der Waals surface area contributed by atoms with Crippen molar-refractivity contribution in [3.05, 3.63) is 23.3 Å². The van der Waals surface area contributed by atoms with Crippen LogP contribution < -0.4 is 29.6 Å². The maximum Gasteiger partial charge on any atom is 1.00 e. The van der Waals surface area contributed by atoms with Crippen LogP contribution in [0.4, 0.5) is 0 Å². The summed E-state index contributed by atoms with van der Waals surface area (Å²) < 4.78 is 12.2. The van der Waals surface area contributed by atoms with Crippen LogP contribution in [0, 0.1) is 57.2 Å². The monoisotopic (exact) mass is 862 g/mol. The second-order valence-electron chi connectivity index (χ2n) is 20.7. The summed E-state index contributed by atoms with van der Waals surface area (Å²) in [6.45, 7) is 5.83. The number of hydrogen-bond acceptors (Lipinski definition) is 14. The van der Waals surface area contributed by atoms with E-state index in [1.807, 2.05) is 27.7 Å². The van der Waals surface area contributed by atoms with Gasteiger partial charge in [-0.15, -0.1) is 0 Å². The fraction of sp³-hybridized carbons (Fsp3) is 0.783. The van der Waals surface area contributed by atoms with Gasteiger partial charge in [0, 0.05) is 46.3 Å². The van der Waals surface area contributed by atoms with Crippen molar-refractivity contribution < 1.29 is 99.9 Å². The molecule has 6 fully saturated rings. The Kier molecular flexibility index (Phi) is 12.3. The molecule has 8 aliphatic rings. The van der Waals surface area contributed by atoms with Crippen LogP contribution in [-0.4, -0.2) is 115 Å². The van der Waals surface area contributed by atoms with Crippen molar-refractivity contribution in [2.75, 3.05) is 13.2 Å². The molecule has 6 saturated carbocycles. The first-order valence-electron chi connectivity index (χ1n) is 22.1. The van der Waals surface area contributed by atoms with Crippen molar-refractivity contribution in [2.45, 2.75) is 153 Å². The Balaban J connectivity index is 0.00000321. The molecule has 0 spiro atoms. The molecular formula is C46H63NaO14. The number of esters is 2. The molecule has 332 valence electrons. The fourth-order valence-electron chi connectivity index (χ4n) is 15.6. The minimum absolute atomic E-state index is 0. The summed E-state index contributed by atoms with van der Waals surface area (Å²) in [6, 6.07) is 0. The maximum atomic E-state index is 13.7. The van der Waals surface area contributed by atoms with E-state index in [9.17, 15) is 59.4 Å². The number of ketones is 4. The number of aliphatic hydroxyl groups excluding tert-OH is 4. The molecule has 0 aromatic carbocycles. The summed E-state index contributed by atoms with van der Waals surface area (Å²) in [5.74, 6) is -4.76. The first-order chi connectivity index (χ1) is 28.1. The molecule has 14 nitrogen and oxygen atoms in total. The third-order valence-corrected chi connectivity index (χ3v) is 18.5. The summed E-state index contributed by atoms with van der Waals surface area (Å²) in [7, 11) is 0. The van der Waals surface area contributed by atoms with E-state index in [4.69, 9.17) is 9.47 Å². The Labute approximate surface area is 380 Å². The number of fused-ring (bicyclic) bond motifs is 10. The van der Waals surface area contributed by atoms with Crippen molar-refractivity contribution in [3.8, 4) is 0 Å². The minimum atomic E-state index is -1.78. The second kappa shape index (κ2) is 16.1. The third kappa shape index (κ3) is 6.64. The first kappa shape index (κ1) is 46.8. The number of carbonyl (C=O) groups is 6. The van der Waals surface area contributed by atoms with E-state index < -0.39 is 106 Å². The fourth-order valence-corrected chi connectivity index (χ4v) is 15.6. The van der Waals surface area contributed by atoms with E-state index in [1.54, 1.807) is 12.2 Å². The Hall–Kier alpha value is -2.14. The largest absolute Gasteiger partial charge is 1.00 e. The van der Waals surface area contributed by atoms with Crippen LogP contribution >= 0.6 is 0 Å². The standard InChI is InChI=1S/C46H62O14.Na.H/c1-41-19-31(51)39-27(29(41)11-13-45(41,57)33(53)21-47)7-5-23-15-25(49)17-35(43(23,39)3)59-37(55)9-10-38(56)60-36-18-26(50)16-24-6-8-28-30-12-14-46(58,34(54)22-48)42(30,2)20-32(52)40(28)44(24,36)4;;/h15-16,27-32,35-36,39-40,47-48,51-52,57-58H,5-14,17-22H2,1-4H3;;/q;+1;-1/t27-,28-,29-,30-,31-,32-,35?,36?,39+,40+,41-,42-,43+,44+,45-,46-;;/m0../s1. The predicted octanol–water partition coefficient (Wildman–Crippen LogP) is -0.483. The van der Waals surface area contributed by atoms with Crippen LogP contribution in [0.2, 0.25) is 0 Å². The summed E-state index contributed by atoms with van der Waals surface area (Å²) in [5, 5.41) is 66.5. The molecule has 0 radical (unpaired) electrons. The summed E-state index contributed by atoms with van der Waals surface area (Å²) >= 11 is 0. The van der Waals surface area contributed by atoms with Crippen LogP contribution in [0.3, 0.4) is 0 Å². The van der Waals surface area contributed by atoms with E-state index >= 15 is 0 Å². The number of aliphatic hydroxyl groups is 6. The van der Waals surface area contributed by atoms with Crippen molar-refractivity contribution in [1.82, 2.24) is 0 Å². The van der Waals surface area contributed by atoms with Gasteiger partial charge in [-0.2, -0.15) is 0 Å². The second-order valence-corrected chi connectivity index (χ2v) is 20.7. The van der Waals surface area contributed by atoms with E-state index in [1.165, 1.54) is 0 Å². The Morgan fingerprint density at radius 1 is 0.656 bits per heavy atom. The van der Waals surface area contributed by atoms with E-state index in [2.05, 4.69) is 0 Å². The van der Waals surface area contributed by atoms with Crippen LogP contribution in [-0.2, 0) is 38.2 Å².